The van der Waals surface area contributed by atoms with Crippen LogP contribution < -0.4 is 5.56 Å². The maximum absolute atomic E-state index is 12.5. The average molecular weight is 328 g/mol. The van der Waals surface area contributed by atoms with Crippen LogP contribution in [0.4, 0.5) is 0 Å². The summed E-state index contributed by atoms with van der Waals surface area (Å²) in [5.74, 6) is 0.684. The molecule has 0 amide bonds. The lowest BCUT2D eigenvalue weighted by atomic mass is 10.0. The average Bonchev–Trinajstić information content (AvgIpc) is 3.11. The van der Waals surface area contributed by atoms with Crippen molar-refractivity contribution in [2.24, 2.45) is 7.05 Å². The topological polar surface area (TPSA) is 52.0 Å². The highest BCUT2D eigenvalue weighted by molar-refractivity contribution is 7.99. The molecule has 0 atom stereocenters. The summed E-state index contributed by atoms with van der Waals surface area (Å²) in [4.78, 5) is 29.1. The van der Waals surface area contributed by atoms with Gasteiger partial charge in [0, 0.05) is 24.4 Å². The van der Waals surface area contributed by atoms with E-state index in [9.17, 15) is 9.59 Å². The Morgan fingerprint density at radius 2 is 1.96 bits per heavy atom. The molecule has 23 heavy (non-hydrogen) atoms. The van der Waals surface area contributed by atoms with Crippen molar-refractivity contribution in [3.8, 4) is 0 Å². The molecule has 0 saturated heterocycles. The molecule has 1 fully saturated rings. The first kappa shape index (κ1) is 16.0. The summed E-state index contributed by atoms with van der Waals surface area (Å²) < 4.78 is 1.58. The van der Waals surface area contributed by atoms with E-state index in [0.717, 1.165) is 18.4 Å². The Bertz CT molecular complexity index is 749. The number of ketones is 1. The number of nitrogens with zero attached hydrogens (tertiary/aromatic N) is 2. The van der Waals surface area contributed by atoms with Gasteiger partial charge < -0.3 is 0 Å². The summed E-state index contributed by atoms with van der Waals surface area (Å²) in [7, 11) is 1.74. The molecule has 3 rings (SSSR count). The fourth-order valence-electron chi connectivity index (χ4n) is 3.04. The Morgan fingerprint density at radius 1 is 1.26 bits per heavy atom. The van der Waals surface area contributed by atoms with Crippen molar-refractivity contribution in [1.82, 2.24) is 9.55 Å². The molecule has 1 saturated carbocycles. The maximum atomic E-state index is 12.5. The largest absolute Gasteiger partial charge is 0.293 e. The van der Waals surface area contributed by atoms with Crippen molar-refractivity contribution in [1.29, 1.82) is 0 Å². The summed E-state index contributed by atoms with van der Waals surface area (Å²) >= 11 is 1.32. The summed E-state index contributed by atoms with van der Waals surface area (Å²) in [6, 6.07) is 9.19. The predicted octanol–water partition coefficient (Wildman–Crippen LogP) is 3.41. The van der Waals surface area contributed by atoms with Crippen molar-refractivity contribution in [3.63, 3.8) is 0 Å². The Morgan fingerprint density at radius 3 is 2.65 bits per heavy atom. The number of aromatic nitrogens is 2. The second-order valence-corrected chi connectivity index (χ2v) is 6.86. The van der Waals surface area contributed by atoms with Crippen molar-refractivity contribution in [2.45, 2.75) is 36.8 Å². The second-order valence-electron chi connectivity index (χ2n) is 5.92. The lowest BCUT2D eigenvalue weighted by Crippen LogP contribution is -2.25. The number of carbonyl (C=O) groups is 1. The van der Waals surface area contributed by atoms with Crippen LogP contribution in [-0.2, 0) is 7.05 Å². The van der Waals surface area contributed by atoms with Crippen molar-refractivity contribution in [3.05, 3.63) is 58.0 Å². The number of thioether (sulfide) groups is 1. The van der Waals surface area contributed by atoms with Gasteiger partial charge in [-0.25, -0.2) is 4.98 Å². The van der Waals surface area contributed by atoms with Gasteiger partial charge >= 0.3 is 0 Å². The van der Waals surface area contributed by atoms with Gasteiger partial charge in [-0.2, -0.15) is 0 Å². The Balaban J connectivity index is 1.72. The molecular formula is C18H20N2O2S. The zero-order chi connectivity index (χ0) is 16.2. The summed E-state index contributed by atoms with van der Waals surface area (Å²) in [5, 5.41) is 0.598. The van der Waals surface area contributed by atoms with E-state index in [1.54, 1.807) is 29.9 Å². The normalized spacial score (nSPS) is 15.0. The first-order valence-electron chi connectivity index (χ1n) is 7.94. The van der Waals surface area contributed by atoms with E-state index in [-0.39, 0.29) is 17.1 Å². The number of Topliss-reactive ketones (excluding diaryl/α,β-unsaturated/α-hetero) is 1. The third-order valence-electron chi connectivity index (χ3n) is 4.38. The quantitative estimate of drug-likeness (QED) is 0.479. The summed E-state index contributed by atoms with van der Waals surface area (Å²) in [5.41, 5.74) is 1.54. The standard InChI is InChI=1S/C18H20N2O2S/c1-20-17(22)15(13-7-5-6-8-13)11-19-18(20)23-12-16(21)14-9-3-2-4-10-14/h2-4,9-11,13H,5-8,12H2,1H3. The molecule has 2 aromatic rings. The zero-order valence-electron chi connectivity index (χ0n) is 13.2. The van der Waals surface area contributed by atoms with E-state index in [2.05, 4.69) is 4.98 Å². The van der Waals surface area contributed by atoms with E-state index in [1.165, 1.54) is 24.6 Å². The molecule has 1 heterocycles. The fraction of sp³-hybridized carbons (Fsp3) is 0.389. The summed E-state index contributed by atoms with van der Waals surface area (Å²) in [6.45, 7) is 0. The Hall–Kier alpha value is -1.88. The van der Waals surface area contributed by atoms with Gasteiger partial charge in [0.25, 0.3) is 5.56 Å². The number of hydrogen-bond acceptors (Lipinski definition) is 4. The minimum Gasteiger partial charge on any atom is -0.293 e. The molecular weight excluding hydrogens is 308 g/mol. The molecule has 1 aliphatic carbocycles. The van der Waals surface area contributed by atoms with Gasteiger partial charge in [-0.15, -0.1) is 0 Å². The van der Waals surface area contributed by atoms with E-state index < -0.39 is 0 Å². The number of benzene rings is 1. The lowest BCUT2D eigenvalue weighted by molar-refractivity contribution is 0.102. The van der Waals surface area contributed by atoms with Crippen molar-refractivity contribution in [2.75, 3.05) is 5.75 Å². The molecule has 0 N–H and O–H groups in total. The second kappa shape index (κ2) is 7.13. The van der Waals surface area contributed by atoms with Crippen LogP contribution in [0.25, 0.3) is 0 Å². The van der Waals surface area contributed by atoms with E-state index in [4.69, 9.17) is 0 Å². The smallest absolute Gasteiger partial charge is 0.257 e. The van der Waals surface area contributed by atoms with Crippen LogP contribution >= 0.6 is 11.8 Å². The third kappa shape index (κ3) is 3.55. The van der Waals surface area contributed by atoms with Gasteiger partial charge in [-0.05, 0) is 18.8 Å². The third-order valence-corrected chi connectivity index (χ3v) is 5.42. The van der Waals surface area contributed by atoms with Crippen LogP contribution in [0.1, 0.15) is 47.5 Å². The fourth-order valence-corrected chi connectivity index (χ4v) is 3.87. The van der Waals surface area contributed by atoms with Gasteiger partial charge in [0.05, 0.1) is 5.75 Å². The first-order chi connectivity index (χ1) is 11.2. The van der Waals surface area contributed by atoms with Crippen LogP contribution in [0.2, 0.25) is 0 Å². The van der Waals surface area contributed by atoms with E-state index in [0.29, 0.717) is 16.6 Å². The molecule has 0 spiro atoms. The van der Waals surface area contributed by atoms with Gasteiger partial charge in [0.2, 0.25) is 0 Å². The molecule has 0 unspecified atom stereocenters. The van der Waals surface area contributed by atoms with Gasteiger partial charge in [-0.3, -0.25) is 14.2 Å². The van der Waals surface area contributed by atoms with Crippen LogP contribution in [-0.4, -0.2) is 21.1 Å². The predicted molar refractivity (Wildman–Crippen MR) is 92.2 cm³/mol. The first-order valence-corrected chi connectivity index (χ1v) is 8.92. The van der Waals surface area contributed by atoms with Gasteiger partial charge in [0.1, 0.15) is 0 Å². The monoisotopic (exact) mass is 328 g/mol. The minimum atomic E-state index is 0.0292. The van der Waals surface area contributed by atoms with Crippen molar-refractivity contribution >= 4 is 17.5 Å². The minimum absolute atomic E-state index is 0.0292. The molecule has 0 radical (unpaired) electrons. The number of hydrogen-bond donors (Lipinski definition) is 0. The highest BCUT2D eigenvalue weighted by Gasteiger charge is 2.21. The maximum Gasteiger partial charge on any atom is 0.257 e. The molecule has 0 aliphatic heterocycles. The van der Waals surface area contributed by atoms with Gasteiger partial charge in [0.15, 0.2) is 10.9 Å². The SMILES string of the molecule is Cn1c(SCC(=O)c2ccccc2)ncc(C2CCCC2)c1=O. The van der Waals surface area contributed by atoms with Crippen LogP contribution in [0, 0.1) is 0 Å². The Labute approximate surface area is 139 Å². The zero-order valence-corrected chi connectivity index (χ0v) is 14.0. The number of rotatable bonds is 5. The lowest BCUT2D eigenvalue weighted by Gasteiger charge is -2.12. The molecule has 1 aromatic carbocycles. The van der Waals surface area contributed by atoms with Crippen molar-refractivity contribution < 1.29 is 4.79 Å². The molecule has 1 aromatic heterocycles. The molecule has 5 heteroatoms. The van der Waals surface area contributed by atoms with Gasteiger partial charge in [-0.1, -0.05) is 54.9 Å². The molecule has 4 nitrogen and oxygen atoms in total. The van der Waals surface area contributed by atoms with E-state index in [1.807, 2.05) is 18.2 Å². The highest BCUT2D eigenvalue weighted by atomic mass is 32.2. The van der Waals surface area contributed by atoms with Crippen LogP contribution in [0.5, 0.6) is 0 Å². The number of carbonyl (C=O) groups excluding carboxylic acids is 1. The molecule has 1 aliphatic rings. The Kier molecular flexibility index (Phi) is 4.96. The van der Waals surface area contributed by atoms with E-state index >= 15 is 0 Å². The molecule has 120 valence electrons. The van der Waals surface area contributed by atoms with Crippen LogP contribution in [0.3, 0.4) is 0 Å². The van der Waals surface area contributed by atoms with Crippen LogP contribution in [0.15, 0.2) is 46.5 Å². The molecule has 0 bridgehead atoms. The summed E-state index contributed by atoms with van der Waals surface area (Å²) in [6.07, 6.45) is 6.26. The highest BCUT2D eigenvalue weighted by Crippen LogP contribution is 2.32.